The Balaban J connectivity index is 1.79. The van der Waals surface area contributed by atoms with Gasteiger partial charge >= 0.3 is 0 Å². The van der Waals surface area contributed by atoms with Crippen LogP contribution in [-0.2, 0) is 4.79 Å². The van der Waals surface area contributed by atoms with Crippen molar-refractivity contribution in [3.05, 3.63) is 41.0 Å². The van der Waals surface area contributed by atoms with E-state index in [4.69, 9.17) is 0 Å². The minimum atomic E-state index is 0.126. The number of quaternary nitrogens is 2. The Morgan fingerprint density at radius 2 is 1.78 bits per heavy atom. The van der Waals surface area contributed by atoms with Crippen molar-refractivity contribution in [2.45, 2.75) is 27.7 Å². The average Bonchev–Trinajstić information content (AvgIpc) is 2.51. The molecule has 23 heavy (non-hydrogen) atoms. The van der Waals surface area contributed by atoms with Crippen LogP contribution in [0.5, 0.6) is 0 Å². The van der Waals surface area contributed by atoms with E-state index < -0.39 is 0 Å². The molecule has 0 unspecified atom stereocenters. The molecule has 0 spiro atoms. The van der Waals surface area contributed by atoms with Crippen molar-refractivity contribution in [2.24, 2.45) is 0 Å². The highest BCUT2D eigenvalue weighted by molar-refractivity contribution is 5.92. The van der Waals surface area contributed by atoms with Crippen molar-refractivity contribution in [3.63, 3.8) is 0 Å². The number of carbonyl (C=O) groups is 1. The first-order valence-corrected chi connectivity index (χ1v) is 8.62. The van der Waals surface area contributed by atoms with Crippen LogP contribution < -0.4 is 15.1 Å². The summed E-state index contributed by atoms with van der Waals surface area (Å²) in [6.07, 6.45) is 2.31. The number of rotatable bonds is 5. The van der Waals surface area contributed by atoms with Gasteiger partial charge in [-0.05, 0) is 51.0 Å². The number of hydrogen-bond donors (Lipinski definition) is 3. The second-order valence-corrected chi connectivity index (χ2v) is 6.96. The van der Waals surface area contributed by atoms with Crippen LogP contribution in [0.4, 0.5) is 5.69 Å². The van der Waals surface area contributed by atoms with Crippen LogP contribution in [0.25, 0.3) is 0 Å². The standard InChI is InChI=1S/C19H29N3O/c1-15(2)8-9-21-10-12-22(13-11-21)14-19(23)20-18-7-5-6-16(3)17(18)4/h5-8H,9-14H2,1-4H3,(H,20,23)/p+2. The Kier molecular flexibility index (Phi) is 6.37. The molecule has 0 aromatic heterocycles. The molecule has 0 saturated carbocycles. The Bertz CT molecular complexity index is 568. The van der Waals surface area contributed by atoms with E-state index in [2.05, 4.69) is 45.2 Å². The SMILES string of the molecule is CC(C)=CC[NH+]1CC[NH+](CC(=O)Nc2cccc(C)c2C)CC1. The maximum Gasteiger partial charge on any atom is 0.279 e. The summed E-state index contributed by atoms with van der Waals surface area (Å²) < 4.78 is 0. The van der Waals surface area contributed by atoms with Crippen molar-refractivity contribution >= 4 is 11.6 Å². The maximum absolute atomic E-state index is 12.3. The highest BCUT2D eigenvalue weighted by Crippen LogP contribution is 2.17. The topological polar surface area (TPSA) is 38.0 Å². The summed E-state index contributed by atoms with van der Waals surface area (Å²) in [6.45, 7) is 14.6. The lowest BCUT2D eigenvalue weighted by atomic mass is 10.1. The molecule has 1 aromatic rings. The van der Waals surface area contributed by atoms with Gasteiger partial charge in [-0.25, -0.2) is 0 Å². The van der Waals surface area contributed by atoms with Crippen molar-refractivity contribution in [3.8, 4) is 0 Å². The van der Waals surface area contributed by atoms with Gasteiger partial charge < -0.3 is 15.1 Å². The highest BCUT2D eigenvalue weighted by atomic mass is 16.2. The molecule has 0 bridgehead atoms. The van der Waals surface area contributed by atoms with E-state index in [1.807, 2.05) is 12.1 Å². The summed E-state index contributed by atoms with van der Waals surface area (Å²) >= 11 is 0. The number of allylic oxidation sites excluding steroid dienone is 1. The van der Waals surface area contributed by atoms with E-state index in [0.717, 1.165) is 44.0 Å². The van der Waals surface area contributed by atoms with Crippen LogP contribution in [0.2, 0.25) is 0 Å². The highest BCUT2D eigenvalue weighted by Gasteiger charge is 2.24. The van der Waals surface area contributed by atoms with Crippen molar-refractivity contribution in [1.82, 2.24) is 0 Å². The van der Waals surface area contributed by atoms with Gasteiger partial charge in [0.1, 0.15) is 26.2 Å². The number of benzene rings is 1. The van der Waals surface area contributed by atoms with Crippen molar-refractivity contribution in [1.29, 1.82) is 0 Å². The molecule has 1 aromatic carbocycles. The fourth-order valence-electron chi connectivity index (χ4n) is 2.99. The van der Waals surface area contributed by atoms with E-state index in [1.165, 1.54) is 16.0 Å². The molecule has 1 saturated heterocycles. The minimum absolute atomic E-state index is 0.126. The summed E-state index contributed by atoms with van der Waals surface area (Å²) in [6, 6.07) is 6.05. The first-order valence-electron chi connectivity index (χ1n) is 8.62. The third-order valence-electron chi connectivity index (χ3n) is 4.75. The number of hydrogen-bond acceptors (Lipinski definition) is 1. The maximum atomic E-state index is 12.3. The minimum Gasteiger partial charge on any atom is -0.322 e. The molecule has 2 rings (SSSR count). The van der Waals surface area contributed by atoms with Gasteiger partial charge in [0.05, 0.1) is 6.54 Å². The predicted octanol–water partition coefficient (Wildman–Crippen LogP) is -0.00846. The van der Waals surface area contributed by atoms with Crippen LogP contribution >= 0.6 is 0 Å². The van der Waals surface area contributed by atoms with Crippen LogP contribution in [0.15, 0.2) is 29.8 Å². The lowest BCUT2D eigenvalue weighted by Crippen LogP contribution is -3.28. The molecular formula is C19H31N3O+2. The van der Waals surface area contributed by atoms with Crippen LogP contribution in [-0.4, -0.2) is 45.2 Å². The molecule has 4 heteroatoms. The number of piperazine rings is 1. The smallest absolute Gasteiger partial charge is 0.279 e. The van der Waals surface area contributed by atoms with Gasteiger partial charge in [0.25, 0.3) is 5.91 Å². The molecule has 3 N–H and O–H groups in total. The molecule has 1 fully saturated rings. The molecule has 1 aliphatic heterocycles. The summed E-state index contributed by atoms with van der Waals surface area (Å²) in [4.78, 5) is 15.3. The molecule has 1 amide bonds. The van der Waals surface area contributed by atoms with Crippen LogP contribution in [0, 0.1) is 13.8 Å². The van der Waals surface area contributed by atoms with Gasteiger partial charge in [0, 0.05) is 5.69 Å². The number of anilines is 1. The van der Waals surface area contributed by atoms with E-state index >= 15 is 0 Å². The Morgan fingerprint density at radius 1 is 1.13 bits per heavy atom. The average molecular weight is 317 g/mol. The van der Waals surface area contributed by atoms with Gasteiger partial charge in [-0.3, -0.25) is 4.79 Å². The van der Waals surface area contributed by atoms with Crippen LogP contribution in [0.3, 0.4) is 0 Å². The number of amides is 1. The number of carbonyl (C=O) groups excluding carboxylic acids is 1. The van der Waals surface area contributed by atoms with E-state index in [1.54, 1.807) is 4.90 Å². The molecule has 0 radical (unpaired) electrons. The molecule has 4 nitrogen and oxygen atoms in total. The Hall–Kier alpha value is -1.65. The Morgan fingerprint density at radius 3 is 2.43 bits per heavy atom. The first kappa shape index (κ1) is 17.7. The lowest BCUT2D eigenvalue weighted by molar-refractivity contribution is -1.01. The van der Waals surface area contributed by atoms with Crippen molar-refractivity contribution in [2.75, 3.05) is 44.6 Å². The van der Waals surface area contributed by atoms with Gasteiger partial charge in [-0.1, -0.05) is 17.7 Å². The molecular weight excluding hydrogens is 286 g/mol. The van der Waals surface area contributed by atoms with E-state index in [9.17, 15) is 4.79 Å². The lowest BCUT2D eigenvalue weighted by Gasteiger charge is -2.28. The predicted molar refractivity (Wildman–Crippen MR) is 95.1 cm³/mol. The number of nitrogens with one attached hydrogen (secondary N) is 3. The fourth-order valence-corrected chi connectivity index (χ4v) is 2.99. The fraction of sp³-hybridized carbons (Fsp3) is 0.526. The van der Waals surface area contributed by atoms with Gasteiger partial charge in [-0.15, -0.1) is 0 Å². The monoisotopic (exact) mass is 317 g/mol. The summed E-state index contributed by atoms with van der Waals surface area (Å²) in [5.41, 5.74) is 4.71. The normalized spacial score (nSPS) is 20.9. The molecule has 0 aliphatic carbocycles. The van der Waals surface area contributed by atoms with E-state index in [0.29, 0.717) is 6.54 Å². The van der Waals surface area contributed by atoms with Gasteiger partial charge in [0.2, 0.25) is 0 Å². The summed E-state index contributed by atoms with van der Waals surface area (Å²) in [5, 5.41) is 3.07. The second-order valence-electron chi connectivity index (χ2n) is 6.96. The van der Waals surface area contributed by atoms with Gasteiger partial charge in [-0.2, -0.15) is 0 Å². The summed E-state index contributed by atoms with van der Waals surface area (Å²) in [7, 11) is 0. The second kappa shape index (κ2) is 8.27. The van der Waals surface area contributed by atoms with Crippen LogP contribution in [0.1, 0.15) is 25.0 Å². The zero-order valence-electron chi connectivity index (χ0n) is 15.0. The first-order chi connectivity index (χ1) is 11.0. The zero-order valence-corrected chi connectivity index (χ0v) is 15.0. The molecule has 1 aliphatic rings. The zero-order chi connectivity index (χ0) is 16.8. The quantitative estimate of drug-likeness (QED) is 0.657. The summed E-state index contributed by atoms with van der Waals surface area (Å²) in [5.74, 6) is 0.126. The largest absolute Gasteiger partial charge is 0.322 e. The van der Waals surface area contributed by atoms with Gasteiger partial charge in [0.15, 0.2) is 6.54 Å². The molecule has 126 valence electrons. The third-order valence-corrected chi connectivity index (χ3v) is 4.75. The number of aryl methyl sites for hydroxylation is 1. The molecule has 0 atom stereocenters. The van der Waals surface area contributed by atoms with Crippen molar-refractivity contribution < 1.29 is 14.6 Å². The van der Waals surface area contributed by atoms with E-state index in [-0.39, 0.29) is 5.91 Å². The molecule has 1 heterocycles. The Labute approximate surface area is 140 Å². The third kappa shape index (κ3) is 5.48.